The van der Waals surface area contributed by atoms with Gasteiger partial charge < -0.3 is 9.66 Å². The Labute approximate surface area is 197 Å². The van der Waals surface area contributed by atoms with E-state index in [1.807, 2.05) is 0 Å². The van der Waals surface area contributed by atoms with Crippen LogP contribution in [0.4, 0.5) is 0 Å². The van der Waals surface area contributed by atoms with Gasteiger partial charge in [-0.25, -0.2) is 8.42 Å². The maximum Gasteiger partial charge on any atom is 1.00 e. The number of hydrogen-bond donors (Lipinski definition) is 1. The first-order valence-electron chi connectivity index (χ1n) is 11.5. The van der Waals surface area contributed by atoms with Gasteiger partial charge in [-0.15, -0.1) is 0 Å². The first-order valence-corrected chi connectivity index (χ1v) is 13.0. The average Bonchev–Trinajstić information content (AvgIpc) is 2.61. The van der Waals surface area contributed by atoms with Crippen molar-refractivity contribution in [2.75, 3.05) is 0 Å². The van der Waals surface area contributed by atoms with Crippen molar-refractivity contribution in [1.82, 2.24) is 0 Å². The Hall–Kier alpha value is 0.870. The molecule has 0 saturated carbocycles. The van der Waals surface area contributed by atoms with E-state index >= 15 is 0 Å². The molecule has 0 heterocycles. The topological polar surface area (TPSA) is 77.4 Å². The smallest absolute Gasteiger partial charge is 0.748 e. The molecule has 0 aromatic heterocycles. The molecular formula is C22H45NaO4S. The largest absolute Gasteiger partial charge is 1.00 e. The Morgan fingerprint density at radius 2 is 1.04 bits per heavy atom. The summed E-state index contributed by atoms with van der Waals surface area (Å²) in [7, 11) is -4.12. The van der Waals surface area contributed by atoms with Gasteiger partial charge in [-0.05, 0) is 25.7 Å². The van der Waals surface area contributed by atoms with Crippen molar-refractivity contribution in [2.45, 2.75) is 141 Å². The van der Waals surface area contributed by atoms with Crippen LogP contribution in [0.3, 0.4) is 0 Å². The van der Waals surface area contributed by atoms with Gasteiger partial charge in [0.05, 0.1) is 16.2 Å². The van der Waals surface area contributed by atoms with Gasteiger partial charge in [-0.1, -0.05) is 104 Å². The second-order valence-corrected chi connectivity index (χ2v) is 9.79. The van der Waals surface area contributed by atoms with E-state index < -0.39 is 15.4 Å². The third kappa shape index (κ3) is 20.2. The zero-order chi connectivity index (χ0) is 20.4. The summed E-state index contributed by atoms with van der Waals surface area (Å²) in [5.41, 5.74) is 0. The summed E-state index contributed by atoms with van der Waals surface area (Å²) in [6.45, 7) is 4.01. The molecule has 6 heteroatoms. The van der Waals surface area contributed by atoms with E-state index in [2.05, 4.69) is 6.92 Å². The van der Waals surface area contributed by atoms with Gasteiger partial charge >= 0.3 is 29.6 Å². The molecular weight excluding hydrogens is 383 g/mol. The number of aliphatic hydroxyl groups is 1. The second kappa shape index (κ2) is 21.1. The van der Waals surface area contributed by atoms with Crippen LogP contribution in [-0.2, 0) is 10.1 Å². The van der Waals surface area contributed by atoms with Crippen molar-refractivity contribution < 1.29 is 47.6 Å². The molecule has 0 radical (unpaired) electrons. The van der Waals surface area contributed by atoms with Gasteiger partial charge in [0.1, 0.15) is 0 Å². The van der Waals surface area contributed by atoms with Crippen LogP contribution in [0.25, 0.3) is 0 Å². The minimum atomic E-state index is -4.12. The molecule has 164 valence electrons. The van der Waals surface area contributed by atoms with Crippen LogP contribution >= 0.6 is 0 Å². The molecule has 28 heavy (non-hydrogen) atoms. The third-order valence-electron chi connectivity index (χ3n) is 5.57. The minimum Gasteiger partial charge on any atom is -0.748 e. The van der Waals surface area contributed by atoms with Gasteiger partial charge in [-0.3, -0.25) is 0 Å². The Balaban J connectivity index is 0. The minimum absolute atomic E-state index is 0. The van der Waals surface area contributed by atoms with Crippen molar-refractivity contribution in [3.8, 4) is 0 Å². The molecule has 4 nitrogen and oxygen atoms in total. The zero-order valence-electron chi connectivity index (χ0n) is 19.0. The van der Waals surface area contributed by atoms with Crippen molar-refractivity contribution >= 4 is 10.1 Å². The fourth-order valence-electron chi connectivity index (χ4n) is 3.67. The summed E-state index contributed by atoms with van der Waals surface area (Å²) in [5, 5.41) is 9.33. The molecule has 0 saturated heterocycles. The molecule has 0 aliphatic carbocycles. The molecule has 0 aliphatic heterocycles. The maximum atomic E-state index is 11.0. The standard InChI is InChI=1S/C22H46O4S.Na/c1-3-5-6-7-9-12-15-18-21(23)19-16-13-10-8-11-14-17-20-22(4-2)27(24,25)26;/h21-23H,3-20H2,1-2H3,(H,24,25,26);/q;+1/p-1. The summed E-state index contributed by atoms with van der Waals surface area (Å²) < 4.78 is 33.0. The fourth-order valence-corrected chi connectivity index (χ4v) is 4.53. The van der Waals surface area contributed by atoms with Crippen LogP contribution in [0.2, 0.25) is 0 Å². The molecule has 0 aliphatic rings. The van der Waals surface area contributed by atoms with Gasteiger partial charge in [0.25, 0.3) is 0 Å². The molecule has 0 spiro atoms. The van der Waals surface area contributed by atoms with Gasteiger partial charge in [0.2, 0.25) is 0 Å². The van der Waals surface area contributed by atoms with Crippen LogP contribution < -0.4 is 29.6 Å². The summed E-state index contributed by atoms with van der Waals surface area (Å²) in [6, 6.07) is 0. The first-order chi connectivity index (χ1) is 12.9. The maximum absolute atomic E-state index is 11.0. The Kier molecular flexibility index (Phi) is 23.4. The monoisotopic (exact) mass is 428 g/mol. The van der Waals surface area contributed by atoms with Crippen LogP contribution in [0.5, 0.6) is 0 Å². The molecule has 2 atom stereocenters. The summed E-state index contributed by atoms with van der Waals surface area (Å²) in [5.74, 6) is 0. The van der Waals surface area contributed by atoms with Crippen molar-refractivity contribution in [2.24, 2.45) is 0 Å². The first kappa shape index (κ1) is 31.1. The number of aliphatic hydroxyl groups excluding tert-OH is 1. The normalized spacial score (nSPS) is 13.9. The molecule has 0 rings (SSSR count). The number of unbranched alkanes of at least 4 members (excludes halogenated alkanes) is 12. The predicted molar refractivity (Wildman–Crippen MR) is 114 cm³/mol. The van der Waals surface area contributed by atoms with E-state index in [1.54, 1.807) is 6.92 Å². The zero-order valence-corrected chi connectivity index (χ0v) is 21.8. The Morgan fingerprint density at radius 1 is 0.679 bits per heavy atom. The van der Waals surface area contributed by atoms with Gasteiger partial charge in [-0.2, -0.15) is 0 Å². The Morgan fingerprint density at radius 3 is 1.39 bits per heavy atom. The predicted octanol–water partition coefficient (Wildman–Crippen LogP) is 3.33. The molecule has 0 aromatic carbocycles. The van der Waals surface area contributed by atoms with E-state index in [9.17, 15) is 18.1 Å². The summed E-state index contributed by atoms with van der Waals surface area (Å²) in [6.07, 6.45) is 19.3. The summed E-state index contributed by atoms with van der Waals surface area (Å²) >= 11 is 0. The van der Waals surface area contributed by atoms with Crippen molar-refractivity contribution in [3.05, 3.63) is 0 Å². The van der Waals surface area contributed by atoms with Crippen LogP contribution in [0.1, 0.15) is 129 Å². The van der Waals surface area contributed by atoms with Crippen molar-refractivity contribution in [3.63, 3.8) is 0 Å². The van der Waals surface area contributed by atoms with Gasteiger partial charge in [0.15, 0.2) is 0 Å². The van der Waals surface area contributed by atoms with Gasteiger partial charge in [0, 0.05) is 5.25 Å². The number of hydrogen-bond acceptors (Lipinski definition) is 4. The van der Waals surface area contributed by atoms with E-state index in [1.165, 1.54) is 51.4 Å². The second-order valence-electron chi connectivity index (χ2n) is 8.14. The van der Waals surface area contributed by atoms with Crippen LogP contribution in [0.15, 0.2) is 0 Å². The molecule has 0 amide bonds. The third-order valence-corrected chi connectivity index (χ3v) is 6.95. The van der Waals surface area contributed by atoms with Crippen LogP contribution in [-0.4, -0.2) is 29.4 Å². The van der Waals surface area contributed by atoms with E-state index in [4.69, 9.17) is 0 Å². The van der Waals surface area contributed by atoms with Crippen molar-refractivity contribution in [1.29, 1.82) is 0 Å². The molecule has 0 aromatic rings. The quantitative estimate of drug-likeness (QED) is 0.183. The SMILES string of the molecule is CCCCCCCCCC(O)CCCCCCCCCC(CC)S(=O)(=O)[O-].[Na+]. The molecule has 1 N–H and O–H groups in total. The molecule has 2 unspecified atom stereocenters. The Bertz CT molecular complexity index is 415. The average molecular weight is 429 g/mol. The van der Waals surface area contributed by atoms with E-state index in [0.29, 0.717) is 12.8 Å². The van der Waals surface area contributed by atoms with E-state index in [-0.39, 0.29) is 35.7 Å². The van der Waals surface area contributed by atoms with Crippen LogP contribution in [0, 0.1) is 0 Å². The molecule has 0 fully saturated rings. The molecule has 0 bridgehead atoms. The van der Waals surface area contributed by atoms with E-state index in [0.717, 1.165) is 51.4 Å². The summed E-state index contributed by atoms with van der Waals surface area (Å²) in [4.78, 5) is 0. The fraction of sp³-hybridized carbons (Fsp3) is 1.00. The number of rotatable bonds is 20.